The van der Waals surface area contributed by atoms with E-state index in [0.717, 1.165) is 12.8 Å². The summed E-state index contributed by atoms with van der Waals surface area (Å²) in [5.74, 6) is 0.511. The molecule has 3 unspecified atom stereocenters. The fourth-order valence-electron chi connectivity index (χ4n) is 3.76. The minimum absolute atomic E-state index is 0.0310. The molecule has 2 bridgehead atoms. The SMILES string of the molecule is O=C(CC1CCS(=O)(=O)C1)NC1CC2CCC(C1)N2. The summed E-state index contributed by atoms with van der Waals surface area (Å²) >= 11 is 0. The van der Waals surface area contributed by atoms with E-state index >= 15 is 0 Å². The zero-order chi connectivity index (χ0) is 13.5. The summed E-state index contributed by atoms with van der Waals surface area (Å²) in [6, 6.07) is 1.41. The van der Waals surface area contributed by atoms with Gasteiger partial charge in [0, 0.05) is 24.5 Å². The van der Waals surface area contributed by atoms with E-state index in [-0.39, 0.29) is 29.4 Å². The van der Waals surface area contributed by atoms with Gasteiger partial charge in [-0.1, -0.05) is 0 Å². The van der Waals surface area contributed by atoms with Crippen LogP contribution in [-0.4, -0.2) is 44.0 Å². The normalized spacial score (nSPS) is 40.2. The number of rotatable bonds is 3. The molecule has 0 aromatic carbocycles. The number of piperidine rings is 1. The van der Waals surface area contributed by atoms with Gasteiger partial charge in [-0.15, -0.1) is 0 Å². The first-order chi connectivity index (χ1) is 9.00. The molecule has 0 spiro atoms. The van der Waals surface area contributed by atoms with Crippen LogP contribution in [0.15, 0.2) is 0 Å². The average molecular weight is 286 g/mol. The molecule has 5 nitrogen and oxygen atoms in total. The highest BCUT2D eigenvalue weighted by Gasteiger charge is 2.35. The molecule has 3 heterocycles. The van der Waals surface area contributed by atoms with E-state index in [4.69, 9.17) is 0 Å². The molecule has 0 aromatic heterocycles. The molecule has 1 amide bonds. The molecule has 0 aliphatic carbocycles. The summed E-state index contributed by atoms with van der Waals surface area (Å²) in [4.78, 5) is 12.0. The minimum Gasteiger partial charge on any atom is -0.353 e. The van der Waals surface area contributed by atoms with Gasteiger partial charge in [0.05, 0.1) is 11.5 Å². The maximum absolute atomic E-state index is 12.0. The van der Waals surface area contributed by atoms with Crippen LogP contribution < -0.4 is 10.6 Å². The van der Waals surface area contributed by atoms with Gasteiger partial charge in [-0.05, 0) is 38.0 Å². The van der Waals surface area contributed by atoms with Crippen molar-refractivity contribution in [2.75, 3.05) is 11.5 Å². The summed E-state index contributed by atoms with van der Waals surface area (Å²) in [5, 5.41) is 6.65. The van der Waals surface area contributed by atoms with Crippen molar-refractivity contribution < 1.29 is 13.2 Å². The molecular formula is C13H22N2O3S. The Morgan fingerprint density at radius 3 is 2.42 bits per heavy atom. The van der Waals surface area contributed by atoms with Gasteiger partial charge in [0.15, 0.2) is 9.84 Å². The maximum Gasteiger partial charge on any atom is 0.220 e. The first-order valence-electron chi connectivity index (χ1n) is 7.26. The van der Waals surface area contributed by atoms with Crippen molar-refractivity contribution in [3.8, 4) is 0 Å². The number of hydrogen-bond acceptors (Lipinski definition) is 4. The predicted molar refractivity (Wildman–Crippen MR) is 72.5 cm³/mol. The predicted octanol–water partition coefficient (Wildman–Crippen LogP) is 0.210. The van der Waals surface area contributed by atoms with Crippen molar-refractivity contribution in [2.24, 2.45) is 5.92 Å². The number of carbonyl (C=O) groups excluding carboxylic acids is 1. The lowest BCUT2D eigenvalue weighted by Crippen LogP contribution is -2.48. The number of sulfone groups is 1. The second-order valence-corrected chi connectivity index (χ2v) is 8.58. The highest BCUT2D eigenvalue weighted by atomic mass is 32.2. The third-order valence-electron chi connectivity index (χ3n) is 4.64. The number of carbonyl (C=O) groups is 1. The molecule has 108 valence electrons. The zero-order valence-corrected chi connectivity index (χ0v) is 11.9. The summed E-state index contributed by atoms with van der Waals surface area (Å²) < 4.78 is 22.7. The van der Waals surface area contributed by atoms with E-state index in [9.17, 15) is 13.2 Å². The van der Waals surface area contributed by atoms with Gasteiger partial charge in [0.2, 0.25) is 5.91 Å². The molecule has 3 atom stereocenters. The van der Waals surface area contributed by atoms with Gasteiger partial charge in [-0.25, -0.2) is 8.42 Å². The monoisotopic (exact) mass is 286 g/mol. The van der Waals surface area contributed by atoms with E-state index in [2.05, 4.69) is 10.6 Å². The van der Waals surface area contributed by atoms with Crippen LogP contribution in [0.5, 0.6) is 0 Å². The fourth-order valence-corrected chi connectivity index (χ4v) is 5.62. The van der Waals surface area contributed by atoms with E-state index in [1.807, 2.05) is 0 Å². The van der Waals surface area contributed by atoms with Gasteiger partial charge in [0.1, 0.15) is 0 Å². The Labute approximate surface area is 114 Å². The number of nitrogens with one attached hydrogen (secondary N) is 2. The third kappa shape index (κ3) is 3.28. The van der Waals surface area contributed by atoms with Crippen LogP contribution in [0.3, 0.4) is 0 Å². The molecule has 19 heavy (non-hydrogen) atoms. The number of hydrogen-bond donors (Lipinski definition) is 2. The minimum atomic E-state index is -2.87. The Morgan fingerprint density at radius 2 is 1.84 bits per heavy atom. The summed E-state index contributed by atoms with van der Waals surface area (Å²) in [6.45, 7) is 0. The first kappa shape index (κ1) is 13.4. The molecule has 3 saturated heterocycles. The molecule has 3 fully saturated rings. The van der Waals surface area contributed by atoms with Crippen molar-refractivity contribution in [3.05, 3.63) is 0 Å². The Balaban J connectivity index is 1.47. The smallest absolute Gasteiger partial charge is 0.220 e. The molecule has 6 heteroatoms. The van der Waals surface area contributed by atoms with Crippen molar-refractivity contribution in [1.29, 1.82) is 0 Å². The lowest BCUT2D eigenvalue weighted by atomic mass is 9.98. The molecule has 0 saturated carbocycles. The average Bonchev–Trinajstić information content (AvgIpc) is 2.81. The van der Waals surface area contributed by atoms with E-state index in [0.29, 0.717) is 24.9 Å². The van der Waals surface area contributed by atoms with Crippen molar-refractivity contribution in [1.82, 2.24) is 10.6 Å². The Morgan fingerprint density at radius 1 is 1.16 bits per heavy atom. The first-order valence-corrected chi connectivity index (χ1v) is 9.08. The fraction of sp³-hybridized carbons (Fsp3) is 0.923. The summed E-state index contributed by atoms with van der Waals surface area (Å²) in [5.41, 5.74) is 0. The molecule has 2 N–H and O–H groups in total. The summed E-state index contributed by atoms with van der Waals surface area (Å²) in [6.07, 6.45) is 5.50. The van der Waals surface area contributed by atoms with Crippen LogP contribution in [0.4, 0.5) is 0 Å². The highest BCUT2D eigenvalue weighted by Crippen LogP contribution is 2.27. The van der Waals surface area contributed by atoms with Gasteiger partial charge < -0.3 is 10.6 Å². The van der Waals surface area contributed by atoms with Crippen molar-refractivity contribution in [2.45, 2.75) is 56.7 Å². The third-order valence-corrected chi connectivity index (χ3v) is 6.48. The van der Waals surface area contributed by atoms with Crippen LogP contribution >= 0.6 is 0 Å². The van der Waals surface area contributed by atoms with Crippen LogP contribution in [0.1, 0.15) is 38.5 Å². The van der Waals surface area contributed by atoms with Crippen LogP contribution in [0.2, 0.25) is 0 Å². The number of amides is 1. The number of fused-ring (bicyclic) bond motifs is 2. The second-order valence-electron chi connectivity index (χ2n) is 6.35. The molecule has 3 aliphatic rings. The van der Waals surface area contributed by atoms with Gasteiger partial charge in [-0.2, -0.15) is 0 Å². The van der Waals surface area contributed by atoms with Crippen LogP contribution in [0.25, 0.3) is 0 Å². The largest absolute Gasteiger partial charge is 0.353 e. The van der Waals surface area contributed by atoms with Gasteiger partial charge in [0.25, 0.3) is 0 Å². The van der Waals surface area contributed by atoms with E-state index in [1.165, 1.54) is 12.8 Å². The quantitative estimate of drug-likeness (QED) is 0.778. The molecule has 3 rings (SSSR count). The van der Waals surface area contributed by atoms with Crippen LogP contribution in [0, 0.1) is 5.92 Å². The molecule has 0 aromatic rings. The highest BCUT2D eigenvalue weighted by molar-refractivity contribution is 7.91. The van der Waals surface area contributed by atoms with Gasteiger partial charge >= 0.3 is 0 Å². The van der Waals surface area contributed by atoms with Crippen molar-refractivity contribution in [3.63, 3.8) is 0 Å². The Hall–Kier alpha value is -0.620. The molecule has 0 radical (unpaired) electrons. The molecule has 3 aliphatic heterocycles. The topological polar surface area (TPSA) is 75.3 Å². The standard InChI is InChI=1S/C13H22N2O3S/c16-13(5-9-3-4-19(17,18)8-9)15-12-6-10-1-2-11(7-12)14-10/h9-12,14H,1-8H2,(H,15,16). The van der Waals surface area contributed by atoms with Crippen molar-refractivity contribution >= 4 is 15.7 Å². The Bertz CT molecular complexity index is 451. The Kier molecular flexibility index (Phi) is 3.55. The second kappa shape index (κ2) is 5.05. The lowest BCUT2D eigenvalue weighted by molar-refractivity contribution is -0.122. The van der Waals surface area contributed by atoms with Crippen LogP contribution in [-0.2, 0) is 14.6 Å². The lowest BCUT2D eigenvalue weighted by Gasteiger charge is -2.30. The maximum atomic E-state index is 12.0. The summed E-state index contributed by atoms with van der Waals surface area (Å²) in [7, 11) is -2.87. The zero-order valence-electron chi connectivity index (χ0n) is 11.1. The van der Waals surface area contributed by atoms with E-state index in [1.54, 1.807) is 0 Å². The van der Waals surface area contributed by atoms with Gasteiger partial charge in [-0.3, -0.25) is 4.79 Å². The van der Waals surface area contributed by atoms with E-state index < -0.39 is 9.84 Å². The molecular weight excluding hydrogens is 264 g/mol.